The third kappa shape index (κ3) is 4.19. The molecule has 1 rings (SSSR count). The van der Waals surface area contributed by atoms with Crippen LogP contribution in [0, 0.1) is 11.3 Å². The van der Waals surface area contributed by atoms with E-state index in [1.54, 1.807) is 11.8 Å². The van der Waals surface area contributed by atoms with Crippen LogP contribution in [0.15, 0.2) is 0 Å². The van der Waals surface area contributed by atoms with Crippen molar-refractivity contribution in [3.05, 3.63) is 0 Å². The minimum atomic E-state index is -1.32. The first-order chi connectivity index (χ1) is 11.1. The molecular weight excluding hydrogens is 314 g/mol. The Kier molecular flexibility index (Phi) is 6.63. The number of nitrogens with zero attached hydrogens (tertiary/aromatic N) is 1. The average molecular weight is 343 g/mol. The molecule has 0 unspecified atom stereocenters. The molecule has 0 aromatic heterocycles. The summed E-state index contributed by atoms with van der Waals surface area (Å²) in [5.74, 6) is -1.39. The summed E-state index contributed by atoms with van der Waals surface area (Å²) in [4.78, 5) is 38.4. The van der Waals surface area contributed by atoms with E-state index in [0.717, 1.165) is 0 Å². The SMILES string of the molecule is CCC(C(=O)OC)(C(=O)OC)C1CCN(C(=O)OC(C)(C)C)CC1. The summed E-state index contributed by atoms with van der Waals surface area (Å²) in [5, 5.41) is 0. The molecule has 0 aromatic carbocycles. The van der Waals surface area contributed by atoms with Crippen LogP contribution in [0.4, 0.5) is 4.79 Å². The molecular formula is C17H29NO6. The van der Waals surface area contributed by atoms with Crippen LogP contribution in [-0.4, -0.2) is 55.8 Å². The Morgan fingerprint density at radius 3 is 1.79 bits per heavy atom. The summed E-state index contributed by atoms with van der Waals surface area (Å²) < 4.78 is 15.1. The third-order valence-corrected chi connectivity index (χ3v) is 4.50. The highest BCUT2D eigenvalue weighted by atomic mass is 16.6. The summed E-state index contributed by atoms with van der Waals surface area (Å²) in [7, 11) is 2.54. The molecule has 0 atom stereocenters. The van der Waals surface area contributed by atoms with Crippen molar-refractivity contribution >= 4 is 18.0 Å². The van der Waals surface area contributed by atoms with Crippen molar-refractivity contribution < 1.29 is 28.6 Å². The van der Waals surface area contributed by atoms with Gasteiger partial charge in [-0.2, -0.15) is 0 Å². The van der Waals surface area contributed by atoms with Gasteiger partial charge in [0, 0.05) is 13.1 Å². The van der Waals surface area contributed by atoms with Crippen LogP contribution in [0.3, 0.4) is 0 Å². The van der Waals surface area contributed by atoms with E-state index in [2.05, 4.69) is 0 Å². The molecule has 1 amide bonds. The number of hydrogen-bond acceptors (Lipinski definition) is 6. The van der Waals surface area contributed by atoms with Crippen molar-refractivity contribution in [2.45, 2.75) is 52.6 Å². The molecule has 7 nitrogen and oxygen atoms in total. The van der Waals surface area contributed by atoms with Crippen molar-refractivity contribution in [3.8, 4) is 0 Å². The average Bonchev–Trinajstić information content (AvgIpc) is 2.54. The number of esters is 2. The molecule has 0 N–H and O–H groups in total. The number of carbonyl (C=O) groups is 3. The van der Waals surface area contributed by atoms with Gasteiger partial charge in [0.1, 0.15) is 5.60 Å². The lowest BCUT2D eigenvalue weighted by Crippen LogP contribution is -2.51. The minimum Gasteiger partial charge on any atom is -0.468 e. The van der Waals surface area contributed by atoms with Crippen LogP contribution in [0.1, 0.15) is 47.0 Å². The molecule has 1 fully saturated rings. The topological polar surface area (TPSA) is 82.1 Å². The van der Waals surface area contributed by atoms with Crippen molar-refractivity contribution in [2.75, 3.05) is 27.3 Å². The van der Waals surface area contributed by atoms with Crippen LogP contribution in [0.2, 0.25) is 0 Å². The van der Waals surface area contributed by atoms with E-state index in [-0.39, 0.29) is 12.0 Å². The molecule has 0 aromatic rings. The van der Waals surface area contributed by atoms with E-state index in [4.69, 9.17) is 14.2 Å². The highest BCUT2D eigenvalue weighted by molar-refractivity contribution is 6.00. The Morgan fingerprint density at radius 1 is 1.00 bits per heavy atom. The second kappa shape index (κ2) is 7.85. The monoisotopic (exact) mass is 343 g/mol. The molecule has 0 aliphatic carbocycles. The highest BCUT2D eigenvalue weighted by Gasteiger charge is 2.53. The first-order valence-electron chi connectivity index (χ1n) is 8.27. The van der Waals surface area contributed by atoms with Gasteiger partial charge in [-0.1, -0.05) is 6.92 Å². The van der Waals surface area contributed by atoms with E-state index >= 15 is 0 Å². The van der Waals surface area contributed by atoms with Gasteiger partial charge in [-0.25, -0.2) is 4.79 Å². The van der Waals surface area contributed by atoms with E-state index < -0.39 is 23.0 Å². The molecule has 0 radical (unpaired) electrons. The van der Waals surface area contributed by atoms with E-state index in [1.165, 1.54) is 14.2 Å². The summed E-state index contributed by atoms with van der Waals surface area (Å²) in [5.41, 5.74) is -1.87. The van der Waals surface area contributed by atoms with Gasteiger partial charge in [-0.15, -0.1) is 0 Å². The van der Waals surface area contributed by atoms with Gasteiger partial charge in [-0.3, -0.25) is 9.59 Å². The van der Waals surface area contributed by atoms with Gasteiger partial charge >= 0.3 is 18.0 Å². The first kappa shape index (κ1) is 20.3. The Labute approximate surface area is 143 Å². The molecule has 0 saturated carbocycles. The number of methoxy groups -OCH3 is 2. The van der Waals surface area contributed by atoms with Gasteiger partial charge in [0.25, 0.3) is 0 Å². The lowest BCUT2D eigenvalue weighted by Gasteiger charge is -2.40. The predicted octanol–water partition coefficient (Wildman–Crippen LogP) is 2.38. The number of amides is 1. The van der Waals surface area contributed by atoms with Crippen LogP contribution in [0.25, 0.3) is 0 Å². The fourth-order valence-corrected chi connectivity index (χ4v) is 3.24. The van der Waals surface area contributed by atoms with Crippen LogP contribution < -0.4 is 0 Å². The third-order valence-electron chi connectivity index (χ3n) is 4.50. The van der Waals surface area contributed by atoms with Crippen molar-refractivity contribution in [1.82, 2.24) is 4.90 Å². The largest absolute Gasteiger partial charge is 0.468 e. The van der Waals surface area contributed by atoms with Gasteiger partial charge in [0.2, 0.25) is 0 Å². The van der Waals surface area contributed by atoms with E-state index in [1.807, 2.05) is 20.8 Å². The van der Waals surface area contributed by atoms with E-state index in [9.17, 15) is 14.4 Å². The zero-order valence-corrected chi connectivity index (χ0v) is 15.5. The Morgan fingerprint density at radius 2 is 1.46 bits per heavy atom. The first-order valence-corrected chi connectivity index (χ1v) is 8.27. The number of carbonyl (C=O) groups excluding carboxylic acids is 3. The van der Waals surface area contributed by atoms with Crippen LogP contribution in [0.5, 0.6) is 0 Å². The molecule has 24 heavy (non-hydrogen) atoms. The van der Waals surface area contributed by atoms with Gasteiger partial charge < -0.3 is 19.1 Å². The number of ether oxygens (including phenoxy) is 3. The highest BCUT2D eigenvalue weighted by Crippen LogP contribution is 2.41. The second-order valence-electron chi connectivity index (χ2n) is 7.05. The van der Waals surface area contributed by atoms with Crippen LogP contribution >= 0.6 is 0 Å². The van der Waals surface area contributed by atoms with Gasteiger partial charge in [0.15, 0.2) is 5.41 Å². The number of rotatable bonds is 4. The summed E-state index contributed by atoms with van der Waals surface area (Å²) in [6.07, 6.45) is 0.942. The van der Waals surface area contributed by atoms with Gasteiger partial charge in [-0.05, 0) is 46.0 Å². The van der Waals surface area contributed by atoms with Crippen molar-refractivity contribution in [2.24, 2.45) is 11.3 Å². The standard InChI is InChI=1S/C17H29NO6/c1-7-17(13(19)22-5,14(20)23-6)12-8-10-18(11-9-12)15(21)24-16(2,3)4/h12H,7-11H2,1-6H3. The minimum absolute atomic E-state index is 0.235. The number of likely N-dealkylation sites (tertiary alicyclic amines) is 1. The quantitative estimate of drug-likeness (QED) is 0.443. The smallest absolute Gasteiger partial charge is 0.410 e. The van der Waals surface area contributed by atoms with Crippen molar-refractivity contribution in [1.29, 1.82) is 0 Å². The molecule has 1 heterocycles. The molecule has 0 bridgehead atoms. The molecule has 0 spiro atoms. The maximum atomic E-state index is 12.3. The lowest BCUT2D eigenvalue weighted by molar-refractivity contribution is -0.175. The van der Waals surface area contributed by atoms with Crippen molar-refractivity contribution in [3.63, 3.8) is 0 Å². The maximum absolute atomic E-state index is 12.3. The fraction of sp³-hybridized carbons (Fsp3) is 0.824. The Balaban J connectivity index is 2.87. The lowest BCUT2D eigenvalue weighted by atomic mass is 9.69. The predicted molar refractivity (Wildman–Crippen MR) is 87.3 cm³/mol. The number of hydrogen-bond donors (Lipinski definition) is 0. The Hall–Kier alpha value is -1.79. The summed E-state index contributed by atoms with van der Waals surface area (Å²) >= 11 is 0. The molecule has 1 saturated heterocycles. The molecule has 138 valence electrons. The Bertz CT molecular complexity index is 458. The summed E-state index contributed by atoms with van der Waals surface area (Å²) in [6.45, 7) is 8.06. The maximum Gasteiger partial charge on any atom is 0.410 e. The normalized spacial score (nSPS) is 16.5. The molecule has 7 heteroatoms. The summed E-state index contributed by atoms with van der Waals surface area (Å²) in [6, 6.07) is 0. The van der Waals surface area contributed by atoms with Crippen LogP contribution in [-0.2, 0) is 23.8 Å². The second-order valence-corrected chi connectivity index (χ2v) is 7.05. The van der Waals surface area contributed by atoms with Gasteiger partial charge in [0.05, 0.1) is 14.2 Å². The zero-order valence-electron chi connectivity index (χ0n) is 15.5. The number of piperidine rings is 1. The molecule has 1 aliphatic heterocycles. The molecule has 1 aliphatic rings. The zero-order chi connectivity index (χ0) is 18.5. The fourth-order valence-electron chi connectivity index (χ4n) is 3.24. The van der Waals surface area contributed by atoms with E-state index in [0.29, 0.717) is 32.4 Å².